The van der Waals surface area contributed by atoms with Crippen LogP contribution < -0.4 is 9.47 Å². The molecule has 0 N–H and O–H groups in total. The summed E-state index contributed by atoms with van der Waals surface area (Å²) in [5.74, 6) is 0.830. The third kappa shape index (κ3) is 1.64. The minimum Gasteiger partial charge on any atom is -0.454 e. The predicted molar refractivity (Wildman–Crippen MR) is 61.9 cm³/mol. The zero-order valence-corrected chi connectivity index (χ0v) is 9.80. The van der Waals surface area contributed by atoms with Gasteiger partial charge in [0.05, 0.1) is 6.54 Å². The lowest BCUT2D eigenvalue weighted by Gasteiger charge is -2.14. The molecule has 0 unspecified atom stereocenters. The molecule has 0 saturated heterocycles. The fourth-order valence-electron chi connectivity index (χ4n) is 2.01. The lowest BCUT2D eigenvalue weighted by molar-refractivity contribution is -0.137. The molecule has 92 valence electrons. The minimum absolute atomic E-state index is 0.209. The van der Waals surface area contributed by atoms with Gasteiger partial charge in [-0.3, -0.25) is 14.5 Å². The van der Waals surface area contributed by atoms with Crippen LogP contribution in [-0.2, 0) is 16.1 Å². The first-order chi connectivity index (χ1) is 8.65. The van der Waals surface area contributed by atoms with Gasteiger partial charge in [-0.05, 0) is 24.6 Å². The molecule has 0 aliphatic carbocycles. The summed E-state index contributed by atoms with van der Waals surface area (Å²) in [5.41, 5.74) is 1.31. The molecular weight excluding hydrogens is 234 g/mol. The van der Waals surface area contributed by atoms with Crippen LogP contribution in [0.2, 0.25) is 0 Å². The SMILES string of the molecule is CC1=CC(=O)N(Cc2ccc3c(c2)OCO3)C1=O. The van der Waals surface area contributed by atoms with Crippen molar-refractivity contribution in [1.82, 2.24) is 4.90 Å². The van der Waals surface area contributed by atoms with Crippen molar-refractivity contribution < 1.29 is 19.1 Å². The molecule has 0 atom stereocenters. The van der Waals surface area contributed by atoms with Gasteiger partial charge >= 0.3 is 0 Å². The third-order valence-electron chi connectivity index (χ3n) is 2.97. The monoisotopic (exact) mass is 245 g/mol. The van der Waals surface area contributed by atoms with Gasteiger partial charge in [0.15, 0.2) is 11.5 Å². The summed E-state index contributed by atoms with van der Waals surface area (Å²) in [6.07, 6.45) is 1.36. The van der Waals surface area contributed by atoms with E-state index in [0.717, 1.165) is 5.56 Å². The summed E-state index contributed by atoms with van der Waals surface area (Å²) >= 11 is 0. The van der Waals surface area contributed by atoms with Gasteiger partial charge in [0, 0.05) is 11.6 Å². The van der Waals surface area contributed by atoms with E-state index in [-0.39, 0.29) is 25.2 Å². The summed E-state index contributed by atoms with van der Waals surface area (Å²) in [6, 6.07) is 5.39. The molecule has 0 fully saturated rings. The van der Waals surface area contributed by atoms with E-state index in [4.69, 9.17) is 9.47 Å². The van der Waals surface area contributed by atoms with Crippen LogP contribution in [0, 0.1) is 0 Å². The zero-order chi connectivity index (χ0) is 12.7. The first-order valence-electron chi connectivity index (χ1n) is 5.58. The Balaban J connectivity index is 1.82. The maximum Gasteiger partial charge on any atom is 0.256 e. The van der Waals surface area contributed by atoms with E-state index in [1.165, 1.54) is 11.0 Å². The van der Waals surface area contributed by atoms with Gasteiger partial charge < -0.3 is 9.47 Å². The standard InChI is InChI=1S/C13H11NO4/c1-8-4-12(15)14(13(8)16)6-9-2-3-10-11(5-9)18-7-17-10/h2-5H,6-7H2,1H3. The molecule has 2 aliphatic rings. The number of fused-ring (bicyclic) bond motifs is 1. The van der Waals surface area contributed by atoms with E-state index >= 15 is 0 Å². The number of ether oxygens (including phenoxy) is 2. The Bertz CT molecular complexity index is 576. The Morgan fingerprint density at radius 1 is 1.22 bits per heavy atom. The molecular formula is C13H11NO4. The average Bonchev–Trinajstić information content (AvgIpc) is 2.89. The summed E-state index contributed by atoms with van der Waals surface area (Å²) in [5, 5.41) is 0. The van der Waals surface area contributed by atoms with Crippen LogP contribution in [0.3, 0.4) is 0 Å². The number of benzene rings is 1. The van der Waals surface area contributed by atoms with E-state index in [9.17, 15) is 9.59 Å². The van der Waals surface area contributed by atoms with Crippen LogP contribution in [-0.4, -0.2) is 23.5 Å². The number of amides is 2. The summed E-state index contributed by atoms with van der Waals surface area (Å²) in [4.78, 5) is 24.6. The average molecular weight is 245 g/mol. The maximum atomic E-state index is 11.7. The smallest absolute Gasteiger partial charge is 0.256 e. The van der Waals surface area contributed by atoms with Crippen LogP contribution in [0.1, 0.15) is 12.5 Å². The van der Waals surface area contributed by atoms with Crippen molar-refractivity contribution >= 4 is 11.8 Å². The first kappa shape index (κ1) is 10.8. The minimum atomic E-state index is -0.268. The van der Waals surface area contributed by atoms with Crippen molar-refractivity contribution in [3.05, 3.63) is 35.4 Å². The molecule has 0 spiro atoms. The van der Waals surface area contributed by atoms with Crippen LogP contribution in [0.5, 0.6) is 11.5 Å². The second-order valence-corrected chi connectivity index (χ2v) is 4.24. The number of carbonyl (C=O) groups is 2. The Morgan fingerprint density at radius 2 is 2.00 bits per heavy atom. The Hall–Kier alpha value is -2.30. The molecule has 1 aromatic rings. The number of hydrogen-bond acceptors (Lipinski definition) is 4. The summed E-state index contributed by atoms with van der Waals surface area (Å²) < 4.78 is 10.5. The second kappa shape index (κ2) is 3.87. The molecule has 0 aromatic heterocycles. The molecule has 2 amide bonds. The van der Waals surface area contributed by atoms with Crippen LogP contribution in [0.25, 0.3) is 0 Å². The van der Waals surface area contributed by atoms with Gasteiger partial charge in [-0.15, -0.1) is 0 Å². The molecule has 18 heavy (non-hydrogen) atoms. The van der Waals surface area contributed by atoms with Crippen LogP contribution in [0.4, 0.5) is 0 Å². The van der Waals surface area contributed by atoms with E-state index in [2.05, 4.69) is 0 Å². The molecule has 2 heterocycles. The fraction of sp³-hybridized carbons (Fsp3) is 0.231. The Kier molecular flexibility index (Phi) is 2.33. The topological polar surface area (TPSA) is 55.8 Å². The zero-order valence-electron chi connectivity index (χ0n) is 9.80. The lowest BCUT2D eigenvalue weighted by Crippen LogP contribution is -2.30. The number of nitrogens with zero attached hydrogens (tertiary/aromatic N) is 1. The van der Waals surface area contributed by atoms with Crippen molar-refractivity contribution in [2.75, 3.05) is 6.79 Å². The highest BCUT2D eigenvalue weighted by Crippen LogP contribution is 2.33. The molecule has 5 heteroatoms. The van der Waals surface area contributed by atoms with E-state index in [1.54, 1.807) is 19.1 Å². The number of rotatable bonds is 2. The van der Waals surface area contributed by atoms with Gasteiger partial charge in [-0.1, -0.05) is 6.07 Å². The van der Waals surface area contributed by atoms with Crippen molar-refractivity contribution in [2.45, 2.75) is 13.5 Å². The molecule has 3 rings (SSSR count). The normalized spacial score (nSPS) is 17.4. The van der Waals surface area contributed by atoms with Gasteiger partial charge in [0.1, 0.15) is 0 Å². The highest BCUT2D eigenvalue weighted by Gasteiger charge is 2.28. The number of imide groups is 1. The van der Waals surface area contributed by atoms with Gasteiger partial charge in [-0.2, -0.15) is 0 Å². The number of carbonyl (C=O) groups excluding carboxylic acids is 2. The first-order valence-corrected chi connectivity index (χ1v) is 5.58. The third-order valence-corrected chi connectivity index (χ3v) is 2.97. The van der Waals surface area contributed by atoms with E-state index in [0.29, 0.717) is 17.1 Å². The van der Waals surface area contributed by atoms with Gasteiger partial charge in [0.2, 0.25) is 6.79 Å². The lowest BCUT2D eigenvalue weighted by atomic mass is 10.2. The molecule has 0 bridgehead atoms. The number of hydrogen-bond donors (Lipinski definition) is 0. The quantitative estimate of drug-likeness (QED) is 0.735. The molecule has 1 aromatic carbocycles. The van der Waals surface area contributed by atoms with Crippen molar-refractivity contribution in [2.24, 2.45) is 0 Å². The predicted octanol–water partition coefficient (Wildman–Crippen LogP) is 1.23. The van der Waals surface area contributed by atoms with Crippen LogP contribution >= 0.6 is 0 Å². The highest BCUT2D eigenvalue weighted by atomic mass is 16.7. The Labute approximate surface area is 104 Å². The van der Waals surface area contributed by atoms with Gasteiger partial charge in [-0.25, -0.2) is 0 Å². The molecule has 0 radical (unpaired) electrons. The fourth-order valence-corrected chi connectivity index (χ4v) is 2.01. The maximum absolute atomic E-state index is 11.7. The molecule has 5 nitrogen and oxygen atoms in total. The van der Waals surface area contributed by atoms with Crippen molar-refractivity contribution in [1.29, 1.82) is 0 Å². The Morgan fingerprint density at radius 3 is 2.72 bits per heavy atom. The highest BCUT2D eigenvalue weighted by molar-refractivity contribution is 6.15. The second-order valence-electron chi connectivity index (χ2n) is 4.24. The molecule has 0 saturated carbocycles. The van der Waals surface area contributed by atoms with E-state index in [1.807, 2.05) is 6.07 Å². The van der Waals surface area contributed by atoms with Crippen molar-refractivity contribution in [3.63, 3.8) is 0 Å². The van der Waals surface area contributed by atoms with Crippen molar-refractivity contribution in [3.8, 4) is 11.5 Å². The van der Waals surface area contributed by atoms with E-state index < -0.39 is 0 Å². The molecule has 2 aliphatic heterocycles. The van der Waals surface area contributed by atoms with Gasteiger partial charge in [0.25, 0.3) is 11.8 Å². The summed E-state index contributed by atoms with van der Waals surface area (Å²) in [7, 11) is 0. The largest absolute Gasteiger partial charge is 0.454 e. The van der Waals surface area contributed by atoms with Crippen LogP contribution in [0.15, 0.2) is 29.8 Å². The summed E-state index contributed by atoms with van der Waals surface area (Å²) in [6.45, 7) is 2.10.